The maximum atomic E-state index is 13.5. The van der Waals surface area contributed by atoms with Gasteiger partial charge in [0, 0.05) is 23.1 Å². The number of thioether (sulfide) groups is 1. The van der Waals surface area contributed by atoms with Gasteiger partial charge in [-0.25, -0.2) is 9.67 Å². The first-order valence-electron chi connectivity index (χ1n) is 10.4. The second-order valence-electron chi connectivity index (χ2n) is 7.27. The Bertz CT molecular complexity index is 1300. The van der Waals surface area contributed by atoms with Gasteiger partial charge in [-0.2, -0.15) is 5.10 Å². The summed E-state index contributed by atoms with van der Waals surface area (Å²) in [6.45, 7) is 3.67. The second-order valence-corrected chi connectivity index (χ2v) is 8.12. The maximum Gasteiger partial charge on any atom is 0.256 e. The largest absolute Gasteiger partial charge is 0.486 e. The Hall–Kier alpha value is -3.52. The van der Waals surface area contributed by atoms with Crippen molar-refractivity contribution >= 4 is 34.4 Å². The molecule has 0 atom stereocenters. The maximum absolute atomic E-state index is 13.5. The highest BCUT2D eigenvalue weighted by atomic mass is 32.2. The number of fused-ring (bicyclic) bond motifs is 2. The standard InChI is InChI=1S/C24H22N4O3S/c1-3-28-23-17(14-25-28)16(11-18(26-23)15-7-5-4-6-8-15)24(29)27-19-12-20-21(13-22(19)32-2)31-10-9-30-20/h4-8,11-14H,3,9-10H2,1-2H3,(H,27,29). The third-order valence-electron chi connectivity index (χ3n) is 5.34. The molecule has 1 N–H and O–H groups in total. The Morgan fingerprint density at radius 3 is 2.59 bits per heavy atom. The van der Waals surface area contributed by atoms with Crippen molar-refractivity contribution in [1.29, 1.82) is 0 Å². The van der Waals surface area contributed by atoms with Crippen LogP contribution in [-0.4, -0.2) is 40.1 Å². The normalized spacial score (nSPS) is 12.7. The summed E-state index contributed by atoms with van der Waals surface area (Å²) in [5.41, 5.74) is 3.56. The van der Waals surface area contributed by atoms with E-state index in [-0.39, 0.29) is 5.91 Å². The Balaban J connectivity index is 1.58. The number of hydrogen-bond donors (Lipinski definition) is 1. The van der Waals surface area contributed by atoms with Gasteiger partial charge in [0.2, 0.25) is 0 Å². The highest BCUT2D eigenvalue weighted by Gasteiger charge is 2.21. The van der Waals surface area contributed by atoms with Crippen molar-refractivity contribution in [3.05, 3.63) is 60.3 Å². The summed E-state index contributed by atoms with van der Waals surface area (Å²) in [4.78, 5) is 19.2. The molecular formula is C24H22N4O3S. The van der Waals surface area contributed by atoms with Crippen LogP contribution in [0.4, 0.5) is 5.69 Å². The van der Waals surface area contributed by atoms with Gasteiger partial charge in [0.15, 0.2) is 17.1 Å². The molecule has 5 rings (SSSR count). The minimum absolute atomic E-state index is 0.225. The number of hydrogen-bond acceptors (Lipinski definition) is 6. The highest BCUT2D eigenvalue weighted by molar-refractivity contribution is 7.98. The van der Waals surface area contributed by atoms with Crippen molar-refractivity contribution in [2.24, 2.45) is 0 Å². The molecule has 32 heavy (non-hydrogen) atoms. The first-order chi connectivity index (χ1) is 15.7. The van der Waals surface area contributed by atoms with Crippen LogP contribution in [0.1, 0.15) is 17.3 Å². The molecule has 0 unspecified atom stereocenters. The smallest absolute Gasteiger partial charge is 0.256 e. The topological polar surface area (TPSA) is 78.3 Å². The monoisotopic (exact) mass is 446 g/mol. The van der Waals surface area contributed by atoms with E-state index in [4.69, 9.17) is 14.5 Å². The number of carbonyl (C=O) groups is 1. The van der Waals surface area contributed by atoms with Crippen molar-refractivity contribution in [3.63, 3.8) is 0 Å². The number of ether oxygens (including phenoxy) is 2. The minimum Gasteiger partial charge on any atom is -0.486 e. The van der Waals surface area contributed by atoms with Crippen LogP contribution >= 0.6 is 11.8 Å². The molecule has 162 valence electrons. The molecule has 0 radical (unpaired) electrons. The van der Waals surface area contributed by atoms with Gasteiger partial charge in [0.05, 0.1) is 28.5 Å². The number of benzene rings is 2. The van der Waals surface area contributed by atoms with E-state index in [0.717, 1.165) is 16.2 Å². The first-order valence-corrected chi connectivity index (χ1v) is 11.6. The summed E-state index contributed by atoms with van der Waals surface area (Å²) in [6, 6.07) is 15.4. The summed E-state index contributed by atoms with van der Waals surface area (Å²) in [7, 11) is 0. The predicted molar refractivity (Wildman–Crippen MR) is 126 cm³/mol. The quantitative estimate of drug-likeness (QED) is 0.441. The zero-order valence-corrected chi connectivity index (χ0v) is 18.6. The van der Waals surface area contributed by atoms with Crippen molar-refractivity contribution in [3.8, 4) is 22.8 Å². The zero-order valence-electron chi connectivity index (χ0n) is 17.8. The van der Waals surface area contributed by atoms with Crippen LogP contribution in [0.2, 0.25) is 0 Å². The third kappa shape index (κ3) is 3.67. The van der Waals surface area contributed by atoms with Crippen molar-refractivity contribution in [2.45, 2.75) is 18.4 Å². The third-order valence-corrected chi connectivity index (χ3v) is 6.11. The van der Waals surface area contributed by atoms with Crippen LogP contribution in [0.15, 0.2) is 59.6 Å². The number of nitrogens with zero attached hydrogens (tertiary/aromatic N) is 3. The molecule has 2 aromatic heterocycles. The van der Waals surface area contributed by atoms with Gasteiger partial charge in [-0.1, -0.05) is 30.3 Å². The summed E-state index contributed by atoms with van der Waals surface area (Å²) >= 11 is 1.54. The number of nitrogens with one attached hydrogen (secondary N) is 1. The van der Waals surface area contributed by atoms with E-state index < -0.39 is 0 Å². The summed E-state index contributed by atoms with van der Waals surface area (Å²) < 4.78 is 13.2. The fraction of sp³-hybridized carbons (Fsp3) is 0.208. The lowest BCUT2D eigenvalue weighted by atomic mass is 10.1. The van der Waals surface area contributed by atoms with Crippen LogP contribution in [-0.2, 0) is 6.54 Å². The number of rotatable bonds is 5. The Labute approximate surface area is 189 Å². The number of aryl methyl sites for hydroxylation is 1. The number of aromatic nitrogens is 3. The van der Waals surface area contributed by atoms with Crippen LogP contribution in [0.25, 0.3) is 22.3 Å². The molecule has 2 aromatic carbocycles. The van der Waals surface area contributed by atoms with E-state index >= 15 is 0 Å². The van der Waals surface area contributed by atoms with Gasteiger partial charge in [-0.05, 0) is 25.3 Å². The van der Waals surface area contributed by atoms with E-state index in [1.807, 2.05) is 61.7 Å². The Morgan fingerprint density at radius 2 is 1.88 bits per heavy atom. The van der Waals surface area contributed by atoms with Crippen molar-refractivity contribution in [1.82, 2.24) is 14.8 Å². The van der Waals surface area contributed by atoms with Gasteiger partial charge < -0.3 is 14.8 Å². The van der Waals surface area contributed by atoms with Gasteiger partial charge in [-0.15, -0.1) is 11.8 Å². The fourth-order valence-electron chi connectivity index (χ4n) is 3.75. The van der Waals surface area contributed by atoms with E-state index in [1.165, 1.54) is 11.8 Å². The second kappa shape index (κ2) is 8.55. The predicted octanol–water partition coefficient (Wildman–Crippen LogP) is 4.86. The molecule has 1 aliphatic heterocycles. The molecule has 3 heterocycles. The average Bonchev–Trinajstić information content (AvgIpc) is 3.26. The first kappa shape index (κ1) is 20.4. The van der Waals surface area contributed by atoms with Gasteiger partial charge >= 0.3 is 0 Å². The highest BCUT2D eigenvalue weighted by Crippen LogP contribution is 2.39. The number of amides is 1. The van der Waals surface area contributed by atoms with Gasteiger partial charge in [-0.3, -0.25) is 4.79 Å². The van der Waals surface area contributed by atoms with Crippen molar-refractivity contribution < 1.29 is 14.3 Å². The molecule has 4 aromatic rings. The Morgan fingerprint density at radius 1 is 1.12 bits per heavy atom. The van der Waals surface area contributed by atoms with Crippen LogP contribution in [0.5, 0.6) is 11.5 Å². The minimum atomic E-state index is -0.225. The lowest BCUT2D eigenvalue weighted by Crippen LogP contribution is -2.17. The molecule has 0 aliphatic carbocycles. The van der Waals surface area contributed by atoms with E-state index in [2.05, 4.69) is 10.4 Å². The summed E-state index contributed by atoms with van der Waals surface area (Å²) in [5.74, 6) is 1.10. The number of carbonyl (C=O) groups excluding carboxylic acids is 1. The molecule has 0 fully saturated rings. The molecule has 0 saturated heterocycles. The molecule has 1 amide bonds. The SMILES string of the molecule is CCn1ncc2c(C(=O)Nc3cc4c(cc3SC)OCCO4)cc(-c3ccccc3)nc21. The Kier molecular flexibility index (Phi) is 5.45. The van der Waals surface area contributed by atoms with Crippen LogP contribution < -0.4 is 14.8 Å². The number of anilines is 1. The van der Waals surface area contributed by atoms with Gasteiger partial charge in [0.25, 0.3) is 5.91 Å². The molecule has 0 saturated carbocycles. The zero-order chi connectivity index (χ0) is 22.1. The van der Waals surface area contributed by atoms with E-state index in [9.17, 15) is 4.79 Å². The lowest BCUT2D eigenvalue weighted by Gasteiger charge is -2.21. The van der Waals surface area contributed by atoms with Crippen LogP contribution in [0, 0.1) is 0 Å². The molecule has 1 aliphatic rings. The summed E-state index contributed by atoms with van der Waals surface area (Å²) in [6.07, 6.45) is 3.67. The van der Waals surface area contributed by atoms with Gasteiger partial charge in [0.1, 0.15) is 13.2 Å². The molecule has 8 heteroatoms. The van der Waals surface area contributed by atoms with E-state index in [1.54, 1.807) is 10.9 Å². The molecule has 0 bridgehead atoms. The molecular weight excluding hydrogens is 424 g/mol. The average molecular weight is 447 g/mol. The molecule has 0 spiro atoms. The number of pyridine rings is 1. The van der Waals surface area contributed by atoms with Crippen LogP contribution in [0.3, 0.4) is 0 Å². The summed E-state index contributed by atoms with van der Waals surface area (Å²) in [5, 5.41) is 8.20. The van der Waals surface area contributed by atoms with Crippen molar-refractivity contribution in [2.75, 3.05) is 24.8 Å². The molecule has 7 nitrogen and oxygen atoms in total. The lowest BCUT2D eigenvalue weighted by molar-refractivity contribution is 0.102. The fourth-order valence-corrected chi connectivity index (χ4v) is 4.30. The van der Waals surface area contributed by atoms with E-state index in [0.29, 0.717) is 53.5 Å².